The smallest absolute Gasteiger partial charge is 0.221 e. The fourth-order valence-corrected chi connectivity index (χ4v) is 2.99. The highest BCUT2D eigenvalue weighted by molar-refractivity contribution is 7.99. The van der Waals surface area contributed by atoms with Gasteiger partial charge in [-0.05, 0) is 12.0 Å². The Morgan fingerprint density at radius 2 is 2.16 bits per heavy atom. The van der Waals surface area contributed by atoms with Crippen molar-refractivity contribution in [2.45, 2.75) is 18.9 Å². The zero-order valence-electron chi connectivity index (χ0n) is 10.9. The zero-order chi connectivity index (χ0) is 12.6. The average Bonchev–Trinajstić information content (AvgIpc) is 2.41. The van der Waals surface area contributed by atoms with Crippen LogP contribution in [0.2, 0.25) is 0 Å². The van der Waals surface area contributed by atoms with Gasteiger partial charge in [-0.3, -0.25) is 4.79 Å². The first-order valence-corrected chi connectivity index (χ1v) is 7.62. The van der Waals surface area contributed by atoms with E-state index in [-0.39, 0.29) is 18.3 Å². The quantitative estimate of drug-likeness (QED) is 0.872. The van der Waals surface area contributed by atoms with Crippen LogP contribution in [0.15, 0.2) is 30.3 Å². The number of hydrogen-bond donors (Lipinski definition) is 2. The Balaban J connectivity index is 0.00000180. The van der Waals surface area contributed by atoms with Crippen LogP contribution in [-0.4, -0.2) is 36.5 Å². The van der Waals surface area contributed by atoms with Crippen molar-refractivity contribution in [3.8, 4) is 0 Å². The van der Waals surface area contributed by atoms with Gasteiger partial charge in [0.2, 0.25) is 5.91 Å². The minimum atomic E-state index is 0. The maximum atomic E-state index is 11.7. The SMILES string of the molecule is Cl.O=C(CC1CSCCN1)NCCc1ccccc1. The van der Waals surface area contributed by atoms with Crippen LogP contribution in [0.1, 0.15) is 12.0 Å². The third-order valence-corrected chi connectivity index (χ3v) is 4.14. The summed E-state index contributed by atoms with van der Waals surface area (Å²) in [6.45, 7) is 1.75. The molecule has 1 aliphatic rings. The minimum absolute atomic E-state index is 0. The number of halogens is 1. The van der Waals surface area contributed by atoms with E-state index in [2.05, 4.69) is 22.8 Å². The average molecular weight is 301 g/mol. The molecule has 106 valence electrons. The third-order valence-electron chi connectivity index (χ3n) is 3.01. The van der Waals surface area contributed by atoms with Crippen molar-refractivity contribution >= 4 is 30.1 Å². The molecular weight excluding hydrogens is 280 g/mol. The number of nitrogens with one attached hydrogen (secondary N) is 2. The van der Waals surface area contributed by atoms with Gasteiger partial charge in [-0.15, -0.1) is 12.4 Å². The summed E-state index contributed by atoms with van der Waals surface area (Å²) in [5.41, 5.74) is 1.27. The van der Waals surface area contributed by atoms with Crippen molar-refractivity contribution in [3.63, 3.8) is 0 Å². The number of amides is 1. The number of hydrogen-bond acceptors (Lipinski definition) is 3. The molecule has 1 unspecified atom stereocenters. The maximum Gasteiger partial charge on any atom is 0.221 e. The fraction of sp³-hybridized carbons (Fsp3) is 0.500. The number of rotatable bonds is 5. The highest BCUT2D eigenvalue weighted by atomic mass is 35.5. The van der Waals surface area contributed by atoms with E-state index in [4.69, 9.17) is 0 Å². The van der Waals surface area contributed by atoms with Crippen molar-refractivity contribution < 1.29 is 4.79 Å². The predicted octanol–water partition coefficient (Wildman–Crippen LogP) is 1.86. The summed E-state index contributed by atoms with van der Waals surface area (Å²) in [6, 6.07) is 10.6. The molecule has 1 aliphatic heterocycles. The Morgan fingerprint density at radius 1 is 1.37 bits per heavy atom. The molecule has 19 heavy (non-hydrogen) atoms. The first kappa shape index (κ1) is 16.3. The summed E-state index contributed by atoms with van der Waals surface area (Å²) >= 11 is 1.92. The zero-order valence-corrected chi connectivity index (χ0v) is 12.6. The van der Waals surface area contributed by atoms with Gasteiger partial charge in [0.25, 0.3) is 0 Å². The topological polar surface area (TPSA) is 41.1 Å². The Morgan fingerprint density at radius 3 is 2.84 bits per heavy atom. The fourth-order valence-electron chi connectivity index (χ4n) is 2.04. The number of benzene rings is 1. The van der Waals surface area contributed by atoms with Gasteiger partial charge in [-0.25, -0.2) is 0 Å². The molecule has 0 aromatic heterocycles. The second kappa shape index (κ2) is 9.23. The predicted molar refractivity (Wildman–Crippen MR) is 84.1 cm³/mol. The summed E-state index contributed by atoms with van der Waals surface area (Å²) in [6.07, 6.45) is 1.50. The Bertz CT molecular complexity index is 369. The summed E-state index contributed by atoms with van der Waals surface area (Å²) in [5.74, 6) is 2.36. The van der Waals surface area contributed by atoms with E-state index in [1.807, 2.05) is 30.0 Å². The Hall–Kier alpha value is -0.710. The van der Waals surface area contributed by atoms with E-state index >= 15 is 0 Å². The maximum absolute atomic E-state index is 11.7. The van der Waals surface area contributed by atoms with Crippen molar-refractivity contribution in [3.05, 3.63) is 35.9 Å². The van der Waals surface area contributed by atoms with Gasteiger partial charge in [0, 0.05) is 37.1 Å². The van der Waals surface area contributed by atoms with Crippen LogP contribution >= 0.6 is 24.2 Å². The molecule has 0 saturated carbocycles. The molecule has 0 spiro atoms. The lowest BCUT2D eigenvalue weighted by Gasteiger charge is -2.22. The molecule has 0 bridgehead atoms. The van der Waals surface area contributed by atoms with E-state index in [1.165, 1.54) is 5.56 Å². The molecule has 0 radical (unpaired) electrons. The van der Waals surface area contributed by atoms with Crippen LogP contribution in [0.5, 0.6) is 0 Å². The Kier molecular flexibility index (Phi) is 7.94. The van der Waals surface area contributed by atoms with E-state index < -0.39 is 0 Å². The van der Waals surface area contributed by atoms with Gasteiger partial charge in [0.1, 0.15) is 0 Å². The summed E-state index contributed by atoms with van der Waals surface area (Å²) in [7, 11) is 0. The van der Waals surface area contributed by atoms with E-state index in [0.29, 0.717) is 12.5 Å². The lowest BCUT2D eigenvalue weighted by molar-refractivity contribution is -0.121. The molecule has 1 atom stereocenters. The van der Waals surface area contributed by atoms with Gasteiger partial charge in [-0.1, -0.05) is 30.3 Å². The molecular formula is C14H21ClN2OS. The van der Waals surface area contributed by atoms with Crippen LogP contribution in [0.4, 0.5) is 0 Å². The van der Waals surface area contributed by atoms with E-state index in [0.717, 1.165) is 31.0 Å². The van der Waals surface area contributed by atoms with Crippen LogP contribution in [-0.2, 0) is 11.2 Å². The third kappa shape index (κ3) is 6.32. The molecule has 1 aromatic carbocycles. The largest absolute Gasteiger partial charge is 0.356 e. The molecule has 1 aromatic rings. The normalized spacial score (nSPS) is 18.4. The molecule has 1 saturated heterocycles. The van der Waals surface area contributed by atoms with Gasteiger partial charge in [0.05, 0.1) is 0 Å². The van der Waals surface area contributed by atoms with Gasteiger partial charge < -0.3 is 10.6 Å². The molecule has 5 heteroatoms. The van der Waals surface area contributed by atoms with Gasteiger partial charge >= 0.3 is 0 Å². The second-order valence-electron chi connectivity index (χ2n) is 4.52. The number of thioether (sulfide) groups is 1. The number of carbonyl (C=O) groups excluding carboxylic acids is 1. The lowest BCUT2D eigenvalue weighted by Crippen LogP contribution is -2.41. The highest BCUT2D eigenvalue weighted by Crippen LogP contribution is 2.09. The van der Waals surface area contributed by atoms with Crippen LogP contribution in [0.25, 0.3) is 0 Å². The molecule has 0 aliphatic carbocycles. The molecule has 2 rings (SSSR count). The summed E-state index contributed by atoms with van der Waals surface area (Å²) in [5, 5.41) is 6.37. The minimum Gasteiger partial charge on any atom is -0.356 e. The standard InChI is InChI=1S/C14H20N2OS.ClH/c17-14(10-13-11-18-9-8-15-13)16-7-6-12-4-2-1-3-5-12;/h1-5,13,15H,6-11H2,(H,16,17);1H. The van der Waals surface area contributed by atoms with Gasteiger partial charge in [-0.2, -0.15) is 11.8 Å². The first-order chi connectivity index (χ1) is 8.84. The van der Waals surface area contributed by atoms with Crippen molar-refractivity contribution in [2.75, 3.05) is 24.6 Å². The van der Waals surface area contributed by atoms with Crippen LogP contribution in [0.3, 0.4) is 0 Å². The number of carbonyl (C=O) groups is 1. The molecule has 3 nitrogen and oxygen atoms in total. The molecule has 1 fully saturated rings. The lowest BCUT2D eigenvalue weighted by atomic mass is 10.1. The van der Waals surface area contributed by atoms with Crippen LogP contribution < -0.4 is 10.6 Å². The van der Waals surface area contributed by atoms with Crippen molar-refractivity contribution in [1.82, 2.24) is 10.6 Å². The van der Waals surface area contributed by atoms with E-state index in [9.17, 15) is 4.79 Å². The van der Waals surface area contributed by atoms with Crippen LogP contribution in [0, 0.1) is 0 Å². The first-order valence-electron chi connectivity index (χ1n) is 6.46. The van der Waals surface area contributed by atoms with E-state index in [1.54, 1.807) is 0 Å². The molecule has 1 amide bonds. The summed E-state index contributed by atoms with van der Waals surface area (Å²) in [4.78, 5) is 11.7. The summed E-state index contributed by atoms with van der Waals surface area (Å²) < 4.78 is 0. The molecule has 2 N–H and O–H groups in total. The Labute approximate surface area is 125 Å². The second-order valence-corrected chi connectivity index (χ2v) is 5.67. The van der Waals surface area contributed by atoms with Crippen molar-refractivity contribution in [2.24, 2.45) is 0 Å². The van der Waals surface area contributed by atoms with Gasteiger partial charge in [0.15, 0.2) is 0 Å². The monoisotopic (exact) mass is 300 g/mol. The molecule has 1 heterocycles. The van der Waals surface area contributed by atoms with Crippen molar-refractivity contribution in [1.29, 1.82) is 0 Å². The highest BCUT2D eigenvalue weighted by Gasteiger charge is 2.16.